The van der Waals surface area contributed by atoms with E-state index >= 15 is 0 Å². The molecule has 1 aromatic rings. The Kier molecular flexibility index (Phi) is 2.02. The Morgan fingerprint density at radius 1 is 1.40 bits per heavy atom. The number of fused-ring (bicyclic) bond motifs is 2. The molecular weight excluding hydrogens is 197 g/mol. The molecule has 0 radical (unpaired) electrons. The van der Waals surface area contributed by atoms with E-state index in [-0.39, 0.29) is 11.2 Å². The van der Waals surface area contributed by atoms with Gasteiger partial charge in [0.2, 0.25) is 11.7 Å². The van der Waals surface area contributed by atoms with Gasteiger partial charge in [0.05, 0.1) is 5.41 Å². The maximum atomic E-state index is 12.3. The van der Waals surface area contributed by atoms with Gasteiger partial charge in [0.1, 0.15) is 0 Å². The highest BCUT2D eigenvalue weighted by Gasteiger charge is 2.46. The molecule has 3 heterocycles. The van der Waals surface area contributed by atoms with Crippen molar-refractivity contribution in [1.82, 2.24) is 15.0 Å². The van der Waals surface area contributed by atoms with E-state index in [2.05, 4.69) is 15.0 Å². The Labute approximate surface area is 87.4 Å². The Morgan fingerprint density at radius 2 is 2.33 bits per heavy atom. The molecule has 15 heavy (non-hydrogen) atoms. The number of rotatable bonds is 2. The van der Waals surface area contributed by atoms with Gasteiger partial charge in [-0.25, -0.2) is 4.39 Å². The van der Waals surface area contributed by atoms with Gasteiger partial charge in [-0.2, -0.15) is 4.98 Å². The fraction of sp³-hybridized carbons (Fsp3) is 0.800. The Balaban J connectivity index is 1.91. The minimum absolute atomic E-state index is 0.0265. The summed E-state index contributed by atoms with van der Waals surface area (Å²) >= 11 is 0. The second-order valence-electron chi connectivity index (χ2n) is 4.56. The number of aromatic nitrogens is 2. The third-order valence-electron chi connectivity index (χ3n) is 3.60. The molecule has 2 bridgehead atoms. The first-order chi connectivity index (χ1) is 7.32. The van der Waals surface area contributed by atoms with Crippen molar-refractivity contribution in [2.24, 2.45) is 0 Å². The molecule has 2 fully saturated rings. The molecule has 0 amide bonds. The van der Waals surface area contributed by atoms with E-state index in [1.165, 1.54) is 13.0 Å². The first-order valence-electron chi connectivity index (χ1n) is 5.44. The van der Waals surface area contributed by atoms with Gasteiger partial charge in [0.25, 0.3) is 0 Å². The molecule has 3 rings (SSSR count). The second kappa shape index (κ2) is 3.27. The lowest BCUT2D eigenvalue weighted by Gasteiger charge is -2.30. The minimum atomic E-state index is -0.636. The number of nitrogens with zero attached hydrogens (tertiary/aromatic N) is 3. The van der Waals surface area contributed by atoms with Crippen LogP contribution in [0.25, 0.3) is 0 Å². The highest BCUT2D eigenvalue weighted by atomic mass is 19.1. The number of piperidine rings is 1. The summed E-state index contributed by atoms with van der Waals surface area (Å²) in [5.74, 6) is 0.834. The zero-order chi connectivity index (χ0) is 10.3. The van der Waals surface area contributed by atoms with Crippen LogP contribution < -0.4 is 0 Å². The van der Waals surface area contributed by atoms with Crippen molar-refractivity contribution in [3.05, 3.63) is 11.7 Å². The molecule has 4 nitrogen and oxygen atoms in total. The fourth-order valence-corrected chi connectivity index (χ4v) is 2.80. The zero-order valence-corrected chi connectivity index (χ0v) is 8.58. The molecule has 5 heteroatoms. The third kappa shape index (κ3) is 1.37. The lowest BCUT2D eigenvalue weighted by Crippen LogP contribution is -2.37. The van der Waals surface area contributed by atoms with Crippen molar-refractivity contribution < 1.29 is 8.91 Å². The van der Waals surface area contributed by atoms with Crippen LogP contribution in [0.3, 0.4) is 0 Å². The Bertz CT molecular complexity index is 363. The molecule has 0 aromatic carbocycles. The SMILES string of the molecule is FCc1noc(C23CCCN(CC2)C3)n1. The number of hydrogen-bond donors (Lipinski definition) is 0. The smallest absolute Gasteiger partial charge is 0.234 e. The molecule has 0 saturated carbocycles. The molecule has 0 aliphatic carbocycles. The van der Waals surface area contributed by atoms with Crippen molar-refractivity contribution in [2.75, 3.05) is 19.6 Å². The van der Waals surface area contributed by atoms with E-state index in [1.807, 2.05) is 0 Å². The predicted molar refractivity (Wildman–Crippen MR) is 51.1 cm³/mol. The average Bonchev–Trinajstić information content (AvgIpc) is 2.85. The minimum Gasteiger partial charge on any atom is -0.339 e. The lowest BCUT2D eigenvalue weighted by molar-refractivity contribution is 0.201. The molecule has 2 aliphatic rings. The van der Waals surface area contributed by atoms with Crippen LogP contribution in [0.15, 0.2) is 4.52 Å². The van der Waals surface area contributed by atoms with E-state index < -0.39 is 6.67 Å². The Hall–Kier alpha value is -0.970. The summed E-state index contributed by atoms with van der Waals surface area (Å²) in [5.41, 5.74) is 0.0265. The van der Waals surface area contributed by atoms with Gasteiger partial charge in [0.15, 0.2) is 6.67 Å². The summed E-state index contributed by atoms with van der Waals surface area (Å²) in [5, 5.41) is 3.64. The third-order valence-corrected chi connectivity index (χ3v) is 3.60. The molecule has 0 spiro atoms. The van der Waals surface area contributed by atoms with Gasteiger partial charge in [-0.05, 0) is 32.4 Å². The van der Waals surface area contributed by atoms with E-state index in [0.717, 1.165) is 25.9 Å². The molecule has 1 aromatic heterocycles. The summed E-state index contributed by atoms with van der Waals surface area (Å²) in [4.78, 5) is 6.56. The maximum Gasteiger partial charge on any atom is 0.234 e. The van der Waals surface area contributed by atoms with Crippen molar-refractivity contribution in [3.8, 4) is 0 Å². The average molecular weight is 211 g/mol. The van der Waals surface area contributed by atoms with Crippen LogP contribution in [0.5, 0.6) is 0 Å². The quantitative estimate of drug-likeness (QED) is 0.739. The topological polar surface area (TPSA) is 42.2 Å². The molecule has 2 atom stereocenters. The van der Waals surface area contributed by atoms with E-state index in [9.17, 15) is 4.39 Å². The second-order valence-corrected chi connectivity index (χ2v) is 4.56. The van der Waals surface area contributed by atoms with E-state index in [4.69, 9.17) is 4.52 Å². The highest BCUT2D eigenvalue weighted by molar-refractivity contribution is 5.12. The number of halogens is 1. The van der Waals surface area contributed by atoms with Crippen molar-refractivity contribution in [1.29, 1.82) is 0 Å². The van der Waals surface area contributed by atoms with Crippen LogP contribution in [0.4, 0.5) is 4.39 Å². The molecule has 2 unspecified atom stereocenters. The van der Waals surface area contributed by atoms with Crippen LogP contribution in [-0.4, -0.2) is 34.7 Å². The van der Waals surface area contributed by atoms with E-state index in [0.29, 0.717) is 5.89 Å². The number of hydrogen-bond acceptors (Lipinski definition) is 4. The molecule has 82 valence electrons. The molecular formula is C10H14FN3O. The van der Waals surface area contributed by atoms with E-state index in [1.54, 1.807) is 0 Å². The van der Waals surface area contributed by atoms with Crippen LogP contribution in [0.1, 0.15) is 31.0 Å². The van der Waals surface area contributed by atoms with Gasteiger partial charge < -0.3 is 9.42 Å². The lowest BCUT2D eigenvalue weighted by atomic mass is 9.81. The maximum absolute atomic E-state index is 12.3. The summed E-state index contributed by atoms with van der Waals surface area (Å²) in [6.45, 7) is 2.64. The van der Waals surface area contributed by atoms with Gasteiger partial charge in [-0.3, -0.25) is 0 Å². The monoisotopic (exact) mass is 211 g/mol. The van der Waals surface area contributed by atoms with Gasteiger partial charge >= 0.3 is 0 Å². The summed E-state index contributed by atoms with van der Waals surface area (Å²) in [7, 11) is 0. The normalized spacial score (nSPS) is 34.6. The van der Waals surface area contributed by atoms with Crippen molar-refractivity contribution in [2.45, 2.75) is 31.4 Å². The largest absolute Gasteiger partial charge is 0.339 e. The standard InChI is InChI=1S/C10H14FN3O/c11-6-8-12-9(15-13-8)10-2-1-4-14(7-10)5-3-10/h1-7H2. The summed E-state index contributed by atoms with van der Waals surface area (Å²) in [6, 6.07) is 0. The van der Waals surface area contributed by atoms with Crippen LogP contribution >= 0.6 is 0 Å². The molecule has 2 aliphatic heterocycles. The first-order valence-corrected chi connectivity index (χ1v) is 5.44. The first kappa shape index (κ1) is 9.27. The number of alkyl halides is 1. The highest BCUT2D eigenvalue weighted by Crippen LogP contribution is 2.41. The van der Waals surface area contributed by atoms with Gasteiger partial charge in [-0.15, -0.1) is 0 Å². The van der Waals surface area contributed by atoms with Crippen LogP contribution in [0.2, 0.25) is 0 Å². The summed E-state index contributed by atoms with van der Waals surface area (Å²) < 4.78 is 17.5. The summed E-state index contributed by atoms with van der Waals surface area (Å²) in [6.07, 6.45) is 3.34. The van der Waals surface area contributed by atoms with Gasteiger partial charge in [-0.1, -0.05) is 5.16 Å². The van der Waals surface area contributed by atoms with Crippen molar-refractivity contribution in [3.63, 3.8) is 0 Å². The van der Waals surface area contributed by atoms with Gasteiger partial charge in [0, 0.05) is 6.54 Å². The zero-order valence-electron chi connectivity index (χ0n) is 8.58. The molecule has 2 saturated heterocycles. The molecule has 0 N–H and O–H groups in total. The fourth-order valence-electron chi connectivity index (χ4n) is 2.80. The van der Waals surface area contributed by atoms with Crippen molar-refractivity contribution >= 4 is 0 Å². The Morgan fingerprint density at radius 3 is 3.13 bits per heavy atom. The predicted octanol–water partition coefficient (Wildman–Crippen LogP) is 1.28. The van der Waals surface area contributed by atoms with Crippen LogP contribution in [0, 0.1) is 0 Å². The van der Waals surface area contributed by atoms with Crippen LogP contribution in [-0.2, 0) is 12.1 Å².